The van der Waals surface area contributed by atoms with Crippen LogP contribution in [0.3, 0.4) is 0 Å². The Kier molecular flexibility index (Phi) is 6.93. The van der Waals surface area contributed by atoms with Gasteiger partial charge in [-0.3, -0.25) is 24.7 Å². The maximum atomic E-state index is 13.1. The first-order valence-corrected chi connectivity index (χ1v) is 11.4. The molecule has 0 bridgehead atoms. The minimum absolute atomic E-state index is 0.0682. The molecular formula is C25H30N6O3. The highest BCUT2D eigenvalue weighted by molar-refractivity contribution is 6.39. The Hall–Kier alpha value is -3.72. The number of hydrazine groups is 1. The number of rotatable bonds is 5. The lowest BCUT2D eigenvalue weighted by molar-refractivity contribution is -0.126. The second-order valence-electron chi connectivity index (χ2n) is 8.66. The van der Waals surface area contributed by atoms with Gasteiger partial charge in [-0.1, -0.05) is 36.4 Å². The lowest BCUT2D eigenvalue weighted by Gasteiger charge is -2.36. The number of carbonyl (C=O) groups excluding carboxylic acids is 3. The fraction of sp³-hybridized carbons (Fsp3) is 0.360. The van der Waals surface area contributed by atoms with E-state index < -0.39 is 6.04 Å². The molecule has 2 aliphatic rings. The van der Waals surface area contributed by atoms with Crippen molar-refractivity contribution in [3.05, 3.63) is 59.7 Å². The molecule has 3 amide bonds. The van der Waals surface area contributed by atoms with E-state index in [1.807, 2.05) is 55.1 Å². The summed E-state index contributed by atoms with van der Waals surface area (Å²) in [5.74, 6) is -0.388. The smallest absolute Gasteiger partial charge is 0.290 e. The van der Waals surface area contributed by atoms with Gasteiger partial charge in [0.15, 0.2) is 0 Å². The molecular weight excluding hydrogens is 432 g/mol. The van der Waals surface area contributed by atoms with Gasteiger partial charge in [-0.05, 0) is 44.0 Å². The second kappa shape index (κ2) is 10.0. The van der Waals surface area contributed by atoms with Crippen LogP contribution in [0.15, 0.2) is 53.5 Å². The van der Waals surface area contributed by atoms with Crippen LogP contribution in [0.5, 0.6) is 0 Å². The number of piperazine rings is 1. The number of hydrogen-bond acceptors (Lipinski definition) is 6. The predicted molar refractivity (Wildman–Crippen MR) is 132 cm³/mol. The first kappa shape index (κ1) is 23.4. The first-order chi connectivity index (χ1) is 16.3. The highest BCUT2D eigenvalue weighted by Gasteiger charge is 2.33. The molecule has 2 aromatic carbocycles. The van der Waals surface area contributed by atoms with Crippen LogP contribution in [-0.4, -0.2) is 72.1 Å². The topological polar surface area (TPSA) is 97.4 Å². The van der Waals surface area contributed by atoms with Crippen molar-refractivity contribution in [2.75, 3.05) is 43.0 Å². The standard InChI is InChI=1S/C25H30N6O3/c1-17-8-7-9-18(2)22(17)27-21(32)16-29-12-14-30(15-13-29)25(34)23-26-19(3)24(33)31(28-23)20-10-5-4-6-11-20/h4-11,19H,12-16H2,1-3H3,(H,26,28)(H,27,32). The molecule has 2 aliphatic heterocycles. The van der Waals surface area contributed by atoms with E-state index in [0.29, 0.717) is 31.9 Å². The molecule has 2 N–H and O–H groups in total. The van der Waals surface area contributed by atoms with E-state index in [1.54, 1.807) is 24.0 Å². The molecule has 2 heterocycles. The molecule has 0 aliphatic carbocycles. The molecule has 9 heteroatoms. The van der Waals surface area contributed by atoms with Gasteiger partial charge in [-0.2, -0.15) is 0 Å². The highest BCUT2D eigenvalue weighted by Crippen LogP contribution is 2.20. The van der Waals surface area contributed by atoms with Gasteiger partial charge in [-0.25, -0.2) is 10.0 Å². The Balaban J connectivity index is 1.33. The van der Waals surface area contributed by atoms with Crippen molar-refractivity contribution >= 4 is 34.9 Å². The third kappa shape index (κ3) is 5.09. The molecule has 4 rings (SSSR count). The zero-order valence-corrected chi connectivity index (χ0v) is 19.7. The third-order valence-corrected chi connectivity index (χ3v) is 6.11. The SMILES string of the molecule is Cc1cccc(C)c1NC(=O)CN1CCN(C(=O)C2=NC(C)C(=O)N(c3ccccc3)N2)CC1. The number of amides is 3. The number of para-hydroxylation sites is 2. The molecule has 2 aromatic rings. The van der Waals surface area contributed by atoms with Crippen molar-refractivity contribution in [3.63, 3.8) is 0 Å². The zero-order valence-electron chi connectivity index (χ0n) is 19.7. The van der Waals surface area contributed by atoms with E-state index >= 15 is 0 Å². The van der Waals surface area contributed by atoms with E-state index in [9.17, 15) is 14.4 Å². The molecule has 1 unspecified atom stereocenters. The number of benzene rings is 2. The lowest BCUT2D eigenvalue weighted by atomic mass is 10.1. The summed E-state index contributed by atoms with van der Waals surface area (Å²) in [4.78, 5) is 46.3. The van der Waals surface area contributed by atoms with Gasteiger partial charge < -0.3 is 10.2 Å². The normalized spacial score (nSPS) is 18.9. The van der Waals surface area contributed by atoms with E-state index in [0.717, 1.165) is 16.8 Å². The summed E-state index contributed by atoms with van der Waals surface area (Å²) in [6.45, 7) is 8.01. The number of aliphatic imine (C=N–C) groups is 1. The van der Waals surface area contributed by atoms with Crippen molar-refractivity contribution in [1.29, 1.82) is 0 Å². The summed E-state index contributed by atoms with van der Waals surface area (Å²) in [7, 11) is 0. The number of anilines is 2. The number of nitrogens with zero attached hydrogens (tertiary/aromatic N) is 4. The average Bonchev–Trinajstić information content (AvgIpc) is 2.84. The van der Waals surface area contributed by atoms with Gasteiger partial charge in [0.05, 0.1) is 12.2 Å². The fourth-order valence-electron chi connectivity index (χ4n) is 4.15. The van der Waals surface area contributed by atoms with Crippen molar-refractivity contribution in [2.24, 2.45) is 4.99 Å². The Labute approximate surface area is 199 Å². The average molecular weight is 463 g/mol. The van der Waals surface area contributed by atoms with Gasteiger partial charge in [0.1, 0.15) is 6.04 Å². The molecule has 9 nitrogen and oxygen atoms in total. The van der Waals surface area contributed by atoms with Gasteiger partial charge in [-0.15, -0.1) is 0 Å². The van der Waals surface area contributed by atoms with Crippen molar-refractivity contribution in [3.8, 4) is 0 Å². The minimum Gasteiger partial charge on any atom is -0.333 e. The Morgan fingerprint density at radius 1 is 1.00 bits per heavy atom. The molecule has 0 radical (unpaired) electrons. The Bertz CT molecular complexity index is 1090. The predicted octanol–water partition coefficient (Wildman–Crippen LogP) is 1.72. The van der Waals surface area contributed by atoms with Crippen molar-refractivity contribution in [2.45, 2.75) is 26.8 Å². The van der Waals surface area contributed by atoms with Crippen LogP contribution in [0.1, 0.15) is 18.1 Å². The van der Waals surface area contributed by atoms with E-state index in [4.69, 9.17) is 0 Å². The van der Waals surface area contributed by atoms with Crippen molar-refractivity contribution < 1.29 is 14.4 Å². The minimum atomic E-state index is -0.657. The highest BCUT2D eigenvalue weighted by atomic mass is 16.2. The number of amidine groups is 1. The monoisotopic (exact) mass is 462 g/mol. The molecule has 1 atom stereocenters. The maximum Gasteiger partial charge on any atom is 0.290 e. The maximum absolute atomic E-state index is 13.1. The second-order valence-corrected chi connectivity index (χ2v) is 8.66. The number of nitrogens with one attached hydrogen (secondary N) is 2. The quantitative estimate of drug-likeness (QED) is 0.705. The molecule has 1 saturated heterocycles. The van der Waals surface area contributed by atoms with Gasteiger partial charge in [0.2, 0.25) is 11.7 Å². The van der Waals surface area contributed by atoms with Crippen LogP contribution in [0.4, 0.5) is 11.4 Å². The van der Waals surface area contributed by atoms with E-state index in [1.165, 1.54) is 5.01 Å². The van der Waals surface area contributed by atoms with Gasteiger partial charge >= 0.3 is 0 Å². The molecule has 0 saturated carbocycles. The van der Waals surface area contributed by atoms with Crippen LogP contribution >= 0.6 is 0 Å². The van der Waals surface area contributed by atoms with E-state index in [2.05, 4.69) is 15.7 Å². The number of aryl methyl sites for hydroxylation is 2. The molecule has 178 valence electrons. The van der Waals surface area contributed by atoms with Gasteiger partial charge in [0.25, 0.3) is 11.8 Å². The summed E-state index contributed by atoms with van der Waals surface area (Å²) < 4.78 is 0. The van der Waals surface area contributed by atoms with Crippen LogP contribution in [0, 0.1) is 13.8 Å². The number of hydrogen-bond donors (Lipinski definition) is 2. The van der Waals surface area contributed by atoms with Crippen LogP contribution < -0.4 is 15.8 Å². The first-order valence-electron chi connectivity index (χ1n) is 11.4. The molecule has 0 aromatic heterocycles. The number of carbonyl (C=O) groups is 3. The molecule has 1 fully saturated rings. The zero-order chi connectivity index (χ0) is 24.2. The van der Waals surface area contributed by atoms with Crippen LogP contribution in [-0.2, 0) is 14.4 Å². The molecule has 34 heavy (non-hydrogen) atoms. The lowest BCUT2D eigenvalue weighted by Crippen LogP contribution is -2.60. The van der Waals surface area contributed by atoms with Crippen LogP contribution in [0.2, 0.25) is 0 Å². The summed E-state index contributed by atoms with van der Waals surface area (Å²) in [5, 5.41) is 4.39. The summed E-state index contributed by atoms with van der Waals surface area (Å²) in [5.41, 5.74) is 6.46. The summed E-state index contributed by atoms with van der Waals surface area (Å²) >= 11 is 0. The fourth-order valence-corrected chi connectivity index (χ4v) is 4.15. The molecule has 0 spiro atoms. The van der Waals surface area contributed by atoms with Crippen LogP contribution in [0.25, 0.3) is 0 Å². The van der Waals surface area contributed by atoms with E-state index in [-0.39, 0.29) is 30.1 Å². The van der Waals surface area contributed by atoms with Gasteiger partial charge in [0, 0.05) is 31.9 Å². The van der Waals surface area contributed by atoms with Crippen molar-refractivity contribution in [1.82, 2.24) is 15.2 Å². The Morgan fingerprint density at radius 3 is 2.29 bits per heavy atom. The summed E-state index contributed by atoms with van der Waals surface area (Å²) in [6.07, 6.45) is 0. The Morgan fingerprint density at radius 2 is 1.65 bits per heavy atom. The largest absolute Gasteiger partial charge is 0.333 e. The third-order valence-electron chi connectivity index (χ3n) is 6.11. The summed E-state index contributed by atoms with van der Waals surface area (Å²) in [6, 6.07) is 14.4.